The third-order valence-corrected chi connectivity index (χ3v) is 4.46. The van der Waals surface area contributed by atoms with Crippen LogP contribution in [0.25, 0.3) is 10.8 Å². The molecule has 4 nitrogen and oxygen atoms in total. The van der Waals surface area contributed by atoms with Gasteiger partial charge in [0.15, 0.2) is 6.61 Å². The molecule has 0 spiro atoms. The topological polar surface area (TPSA) is 65.3 Å². The van der Waals surface area contributed by atoms with Crippen LogP contribution in [0.15, 0.2) is 66.7 Å². The van der Waals surface area contributed by atoms with Crippen LogP contribution < -0.4 is 10.1 Å². The highest BCUT2D eigenvalue weighted by atomic mass is 16.5. The van der Waals surface area contributed by atoms with E-state index >= 15 is 0 Å². The Kier molecular flexibility index (Phi) is 5.85. The highest BCUT2D eigenvalue weighted by Gasteiger charge is 2.11. The number of nitriles is 1. The minimum absolute atomic E-state index is 0.0467. The molecular weight excluding hydrogens is 324 g/mol. The van der Waals surface area contributed by atoms with E-state index in [0.29, 0.717) is 12.3 Å². The van der Waals surface area contributed by atoms with Gasteiger partial charge in [0.1, 0.15) is 11.8 Å². The van der Waals surface area contributed by atoms with E-state index in [1.165, 1.54) is 5.39 Å². The van der Waals surface area contributed by atoms with E-state index in [4.69, 9.17) is 10.00 Å². The average molecular weight is 346 g/mol. The molecule has 3 aromatic rings. The predicted molar refractivity (Wildman–Crippen MR) is 103 cm³/mol. The number of hydrogen-bond acceptors (Lipinski definition) is 4. The van der Waals surface area contributed by atoms with Crippen molar-refractivity contribution in [1.29, 1.82) is 5.26 Å². The van der Waals surface area contributed by atoms with E-state index in [1.807, 2.05) is 60.7 Å². The molecule has 0 aliphatic rings. The van der Waals surface area contributed by atoms with Crippen LogP contribution >= 0.6 is 0 Å². The molecule has 0 bridgehead atoms. The van der Waals surface area contributed by atoms with E-state index in [9.17, 15) is 5.11 Å². The van der Waals surface area contributed by atoms with Gasteiger partial charge in [-0.3, -0.25) is 0 Å². The van der Waals surface area contributed by atoms with Gasteiger partial charge < -0.3 is 15.2 Å². The number of aliphatic hydroxyl groups excluding tert-OH is 1. The summed E-state index contributed by atoms with van der Waals surface area (Å²) in [6.07, 6.45) is -0.569. The molecule has 4 heteroatoms. The van der Waals surface area contributed by atoms with Crippen molar-refractivity contribution >= 4 is 10.8 Å². The molecule has 0 saturated carbocycles. The quantitative estimate of drug-likeness (QED) is 0.675. The first-order valence-electron chi connectivity index (χ1n) is 8.67. The largest absolute Gasteiger partial charge is 0.479 e. The van der Waals surface area contributed by atoms with Crippen molar-refractivity contribution in [3.8, 4) is 11.8 Å². The minimum Gasteiger partial charge on any atom is -0.479 e. The molecule has 0 saturated heterocycles. The van der Waals surface area contributed by atoms with Gasteiger partial charge >= 0.3 is 0 Å². The number of nitrogens with one attached hydrogen (secondary N) is 1. The van der Waals surface area contributed by atoms with Crippen LogP contribution in [0.2, 0.25) is 0 Å². The summed E-state index contributed by atoms with van der Waals surface area (Å²) in [6.45, 7) is 2.57. The Morgan fingerprint density at radius 1 is 1.00 bits per heavy atom. The van der Waals surface area contributed by atoms with E-state index in [-0.39, 0.29) is 12.6 Å². The second-order valence-corrected chi connectivity index (χ2v) is 6.27. The maximum Gasteiger partial charge on any atom is 0.174 e. The molecule has 26 heavy (non-hydrogen) atoms. The van der Waals surface area contributed by atoms with Crippen LogP contribution in [-0.4, -0.2) is 18.3 Å². The highest BCUT2D eigenvalue weighted by molar-refractivity contribution is 5.83. The normalized spacial score (nSPS) is 13.1. The summed E-state index contributed by atoms with van der Waals surface area (Å²) in [6, 6.07) is 23.9. The van der Waals surface area contributed by atoms with E-state index in [1.54, 1.807) is 0 Å². The van der Waals surface area contributed by atoms with Crippen molar-refractivity contribution in [3.63, 3.8) is 0 Å². The first kappa shape index (κ1) is 17.9. The molecule has 2 N–H and O–H groups in total. The van der Waals surface area contributed by atoms with Crippen LogP contribution in [0.3, 0.4) is 0 Å². The summed E-state index contributed by atoms with van der Waals surface area (Å²) in [5.41, 5.74) is 2.00. The van der Waals surface area contributed by atoms with E-state index in [0.717, 1.165) is 16.5 Å². The van der Waals surface area contributed by atoms with Gasteiger partial charge in [0, 0.05) is 12.6 Å². The smallest absolute Gasteiger partial charge is 0.174 e. The standard InChI is InChI=1S/C22H22N2O2/c1-16(17-8-10-21(11-9-17)26-13-12-23)24-15-22(25)20-7-6-18-4-2-3-5-19(18)14-20/h2-11,14,16,22,24-25H,13,15H2,1H3. The predicted octanol–water partition coefficient (Wildman–Crippen LogP) is 4.13. The fourth-order valence-electron chi connectivity index (χ4n) is 2.91. The van der Waals surface area contributed by atoms with Crippen molar-refractivity contribution in [3.05, 3.63) is 77.9 Å². The Labute approximate surface area is 153 Å². The zero-order valence-electron chi connectivity index (χ0n) is 14.7. The van der Waals surface area contributed by atoms with Crippen LogP contribution in [-0.2, 0) is 0 Å². The summed E-state index contributed by atoms with van der Waals surface area (Å²) in [5, 5.41) is 24.7. The summed E-state index contributed by atoms with van der Waals surface area (Å²) < 4.78 is 5.26. The summed E-state index contributed by atoms with van der Waals surface area (Å²) in [5.74, 6) is 0.679. The van der Waals surface area contributed by atoms with E-state index in [2.05, 4.69) is 24.4 Å². The molecule has 3 aromatic carbocycles. The number of rotatable bonds is 7. The van der Waals surface area contributed by atoms with Crippen LogP contribution in [0.4, 0.5) is 0 Å². The number of nitrogens with zero attached hydrogens (tertiary/aromatic N) is 1. The lowest BCUT2D eigenvalue weighted by Crippen LogP contribution is -2.24. The van der Waals surface area contributed by atoms with Gasteiger partial charge in [0.05, 0.1) is 6.10 Å². The molecule has 3 rings (SSSR count). The molecule has 132 valence electrons. The maximum atomic E-state index is 10.5. The number of ether oxygens (including phenoxy) is 1. The number of fused-ring (bicyclic) bond motifs is 1. The third-order valence-electron chi connectivity index (χ3n) is 4.46. The van der Waals surface area contributed by atoms with Gasteiger partial charge in [-0.2, -0.15) is 5.26 Å². The molecule has 0 aliphatic heterocycles. The Morgan fingerprint density at radius 2 is 1.69 bits per heavy atom. The summed E-state index contributed by atoms with van der Waals surface area (Å²) in [7, 11) is 0. The van der Waals surface area contributed by atoms with Gasteiger partial charge in [-0.25, -0.2) is 0 Å². The molecular formula is C22H22N2O2. The van der Waals surface area contributed by atoms with Gasteiger partial charge in [-0.1, -0.05) is 48.5 Å². The van der Waals surface area contributed by atoms with Crippen molar-refractivity contribution in [2.45, 2.75) is 19.1 Å². The van der Waals surface area contributed by atoms with Crippen LogP contribution in [0, 0.1) is 11.3 Å². The number of aliphatic hydroxyl groups is 1. The van der Waals surface area contributed by atoms with Gasteiger partial charge in [-0.05, 0) is 47.0 Å². The average Bonchev–Trinajstić information content (AvgIpc) is 2.70. The summed E-state index contributed by atoms with van der Waals surface area (Å²) >= 11 is 0. The molecule has 0 aliphatic carbocycles. The Morgan fingerprint density at radius 3 is 2.42 bits per heavy atom. The second kappa shape index (κ2) is 8.48. The van der Waals surface area contributed by atoms with Crippen LogP contribution in [0.1, 0.15) is 30.2 Å². The lowest BCUT2D eigenvalue weighted by molar-refractivity contribution is 0.171. The van der Waals surface area contributed by atoms with Crippen molar-refractivity contribution in [2.75, 3.05) is 13.2 Å². The molecule has 0 radical (unpaired) electrons. The second-order valence-electron chi connectivity index (χ2n) is 6.27. The van der Waals surface area contributed by atoms with Crippen LogP contribution in [0.5, 0.6) is 5.75 Å². The zero-order valence-corrected chi connectivity index (χ0v) is 14.7. The Balaban J connectivity index is 1.59. The van der Waals surface area contributed by atoms with Gasteiger partial charge in [0.2, 0.25) is 0 Å². The molecule has 0 amide bonds. The first-order chi connectivity index (χ1) is 12.7. The number of hydrogen-bond donors (Lipinski definition) is 2. The lowest BCUT2D eigenvalue weighted by Gasteiger charge is -2.18. The maximum absolute atomic E-state index is 10.5. The van der Waals surface area contributed by atoms with Crippen molar-refractivity contribution in [2.24, 2.45) is 0 Å². The molecule has 2 unspecified atom stereocenters. The fourth-order valence-corrected chi connectivity index (χ4v) is 2.91. The monoisotopic (exact) mass is 346 g/mol. The Hall–Kier alpha value is -2.87. The minimum atomic E-state index is -0.569. The third kappa shape index (κ3) is 4.40. The molecule has 2 atom stereocenters. The summed E-state index contributed by atoms with van der Waals surface area (Å²) in [4.78, 5) is 0. The van der Waals surface area contributed by atoms with Crippen molar-refractivity contribution < 1.29 is 9.84 Å². The highest BCUT2D eigenvalue weighted by Crippen LogP contribution is 2.22. The zero-order chi connectivity index (χ0) is 18.4. The van der Waals surface area contributed by atoms with Gasteiger partial charge in [0.25, 0.3) is 0 Å². The van der Waals surface area contributed by atoms with E-state index < -0.39 is 6.10 Å². The lowest BCUT2D eigenvalue weighted by atomic mass is 10.0. The molecule has 0 aromatic heterocycles. The first-order valence-corrected chi connectivity index (χ1v) is 8.67. The fraction of sp³-hybridized carbons (Fsp3) is 0.227. The van der Waals surface area contributed by atoms with Crippen molar-refractivity contribution in [1.82, 2.24) is 5.32 Å². The van der Waals surface area contributed by atoms with Gasteiger partial charge in [-0.15, -0.1) is 0 Å². The molecule has 0 fully saturated rings. The molecule has 0 heterocycles. The Bertz CT molecular complexity index is 900. The number of benzene rings is 3. The SMILES string of the molecule is CC(NCC(O)c1ccc2ccccc2c1)c1ccc(OCC#N)cc1.